The smallest absolute Gasteiger partial charge is 0.248 e. The Morgan fingerprint density at radius 2 is 1.88 bits per heavy atom. The van der Waals surface area contributed by atoms with Gasteiger partial charge in [0.25, 0.3) is 0 Å². The quantitative estimate of drug-likeness (QED) is 0.517. The second-order valence-corrected chi connectivity index (χ2v) is 6.16. The van der Waals surface area contributed by atoms with Gasteiger partial charge in [-0.15, -0.1) is 0 Å². The summed E-state index contributed by atoms with van der Waals surface area (Å²) in [5, 5.41) is 5.19. The second-order valence-electron chi connectivity index (χ2n) is 6.16. The summed E-state index contributed by atoms with van der Waals surface area (Å²) in [6.45, 7) is 2.07. The predicted molar refractivity (Wildman–Crippen MR) is 107 cm³/mol. The zero-order chi connectivity index (χ0) is 17.9. The third-order valence-corrected chi connectivity index (χ3v) is 4.47. The van der Waals surface area contributed by atoms with Crippen LogP contribution in [0.5, 0.6) is 0 Å². The van der Waals surface area contributed by atoms with Crippen LogP contribution in [0, 0.1) is 0 Å². The Hall–Kier alpha value is -3.40. The minimum atomic E-state index is -0.160. The van der Waals surface area contributed by atoms with Crippen LogP contribution in [0.15, 0.2) is 66.9 Å². The van der Waals surface area contributed by atoms with E-state index in [2.05, 4.69) is 28.3 Å². The van der Waals surface area contributed by atoms with E-state index in [9.17, 15) is 4.79 Å². The molecule has 4 heteroatoms. The van der Waals surface area contributed by atoms with Crippen LogP contribution in [0.25, 0.3) is 27.9 Å². The van der Waals surface area contributed by atoms with E-state index in [0.29, 0.717) is 0 Å². The van der Waals surface area contributed by atoms with Gasteiger partial charge in [-0.1, -0.05) is 43.3 Å². The molecule has 4 aromatic rings. The number of para-hydroxylation sites is 2. The van der Waals surface area contributed by atoms with Gasteiger partial charge in [-0.05, 0) is 36.3 Å². The van der Waals surface area contributed by atoms with Crippen molar-refractivity contribution in [3.63, 3.8) is 0 Å². The summed E-state index contributed by atoms with van der Waals surface area (Å²) < 4.78 is 0. The molecule has 0 spiro atoms. The van der Waals surface area contributed by atoms with Crippen molar-refractivity contribution in [3.05, 3.63) is 78.1 Å². The van der Waals surface area contributed by atoms with E-state index in [-0.39, 0.29) is 5.91 Å². The van der Waals surface area contributed by atoms with Gasteiger partial charge in [0.2, 0.25) is 5.91 Å². The molecular formula is C22H19N3O. The number of amides is 1. The summed E-state index contributed by atoms with van der Waals surface area (Å²) in [4.78, 5) is 20.0. The molecular weight excluding hydrogens is 322 g/mol. The van der Waals surface area contributed by atoms with Crippen LogP contribution in [-0.2, 0) is 11.2 Å². The highest BCUT2D eigenvalue weighted by atomic mass is 16.1. The molecule has 0 atom stereocenters. The number of aryl methyl sites for hydroxylation is 1. The highest BCUT2D eigenvalue weighted by Crippen LogP contribution is 2.25. The Bertz CT molecular complexity index is 1120. The summed E-state index contributed by atoms with van der Waals surface area (Å²) in [5.41, 5.74) is 4.79. The van der Waals surface area contributed by atoms with Crippen LogP contribution in [0.2, 0.25) is 0 Å². The highest BCUT2D eigenvalue weighted by molar-refractivity contribution is 6.07. The molecule has 2 N–H and O–H groups in total. The maximum atomic E-state index is 12.2. The number of nitrogens with zero attached hydrogens (tertiary/aromatic N) is 1. The molecule has 0 radical (unpaired) electrons. The molecule has 0 saturated carbocycles. The largest absolute Gasteiger partial charge is 0.353 e. The molecule has 0 unspecified atom stereocenters. The summed E-state index contributed by atoms with van der Waals surface area (Å²) in [6, 6.07) is 18.0. The van der Waals surface area contributed by atoms with Crippen LogP contribution in [0.1, 0.15) is 18.2 Å². The van der Waals surface area contributed by atoms with Gasteiger partial charge in [0.1, 0.15) is 0 Å². The van der Waals surface area contributed by atoms with E-state index >= 15 is 0 Å². The number of carbonyl (C=O) groups is 1. The molecule has 0 aliphatic carbocycles. The lowest BCUT2D eigenvalue weighted by molar-refractivity contribution is -0.111. The first-order valence-electron chi connectivity index (χ1n) is 8.68. The first-order chi connectivity index (χ1) is 12.7. The zero-order valence-electron chi connectivity index (χ0n) is 14.5. The molecule has 0 saturated heterocycles. The molecule has 2 aromatic heterocycles. The molecule has 26 heavy (non-hydrogen) atoms. The van der Waals surface area contributed by atoms with Gasteiger partial charge in [0.15, 0.2) is 0 Å². The third kappa shape index (κ3) is 3.09. The lowest BCUT2D eigenvalue weighted by Crippen LogP contribution is -2.09. The Balaban J connectivity index is 1.58. The van der Waals surface area contributed by atoms with Crippen molar-refractivity contribution in [1.29, 1.82) is 0 Å². The van der Waals surface area contributed by atoms with Gasteiger partial charge in [-0.25, -0.2) is 0 Å². The number of aromatic amines is 1. The Labute approximate surface area is 151 Å². The van der Waals surface area contributed by atoms with Crippen molar-refractivity contribution in [1.82, 2.24) is 9.97 Å². The minimum Gasteiger partial charge on any atom is -0.353 e. The van der Waals surface area contributed by atoms with Gasteiger partial charge in [-0.3, -0.25) is 9.78 Å². The fourth-order valence-corrected chi connectivity index (χ4v) is 3.14. The number of hydrogen-bond acceptors (Lipinski definition) is 2. The summed E-state index contributed by atoms with van der Waals surface area (Å²) in [7, 11) is 0. The maximum Gasteiger partial charge on any atom is 0.248 e. The standard InChI is InChI=1S/C22H19N3O/c1-2-15-7-3-5-9-19(15)25-22(26)12-11-16-13-18-17-8-4-6-10-20(17)24-21(18)14-23-16/h3-14,24H,2H2,1H3,(H,25,26)/b12-11+. The SMILES string of the molecule is CCc1ccccc1NC(=O)/C=C/c1cc2c(cn1)[nH]c1ccccc12. The van der Waals surface area contributed by atoms with Crippen molar-refractivity contribution in [2.75, 3.05) is 5.32 Å². The number of carbonyl (C=O) groups excluding carboxylic acids is 1. The molecule has 0 aliphatic rings. The number of rotatable bonds is 4. The molecule has 2 heterocycles. The monoisotopic (exact) mass is 341 g/mol. The summed E-state index contributed by atoms with van der Waals surface area (Å²) in [5.74, 6) is -0.160. The molecule has 128 valence electrons. The molecule has 0 bridgehead atoms. The number of aromatic nitrogens is 2. The Morgan fingerprint density at radius 3 is 2.77 bits per heavy atom. The normalized spacial score (nSPS) is 11.4. The van der Waals surface area contributed by atoms with Crippen LogP contribution in [0.3, 0.4) is 0 Å². The lowest BCUT2D eigenvalue weighted by Gasteiger charge is -2.07. The number of nitrogens with one attached hydrogen (secondary N) is 2. The molecule has 4 rings (SSSR count). The van der Waals surface area contributed by atoms with Crippen LogP contribution >= 0.6 is 0 Å². The molecule has 4 nitrogen and oxygen atoms in total. The third-order valence-electron chi connectivity index (χ3n) is 4.47. The number of pyridine rings is 1. The van der Waals surface area contributed by atoms with Gasteiger partial charge in [0.05, 0.1) is 17.4 Å². The number of benzene rings is 2. The van der Waals surface area contributed by atoms with Crippen molar-refractivity contribution in [3.8, 4) is 0 Å². The molecule has 2 aromatic carbocycles. The number of fused-ring (bicyclic) bond motifs is 3. The summed E-state index contributed by atoms with van der Waals surface area (Å²) in [6.07, 6.45) is 5.94. The van der Waals surface area contributed by atoms with Crippen LogP contribution in [-0.4, -0.2) is 15.9 Å². The van der Waals surface area contributed by atoms with Crippen molar-refractivity contribution < 1.29 is 4.79 Å². The minimum absolute atomic E-state index is 0.160. The van der Waals surface area contributed by atoms with E-state index in [1.165, 1.54) is 6.08 Å². The zero-order valence-corrected chi connectivity index (χ0v) is 14.5. The summed E-state index contributed by atoms with van der Waals surface area (Å²) >= 11 is 0. The maximum absolute atomic E-state index is 12.2. The van der Waals surface area contributed by atoms with E-state index < -0.39 is 0 Å². The van der Waals surface area contributed by atoms with Crippen LogP contribution < -0.4 is 5.32 Å². The van der Waals surface area contributed by atoms with Gasteiger partial charge in [-0.2, -0.15) is 0 Å². The topological polar surface area (TPSA) is 57.8 Å². The first kappa shape index (κ1) is 16.1. The van der Waals surface area contributed by atoms with E-state index in [0.717, 1.165) is 45.2 Å². The van der Waals surface area contributed by atoms with Gasteiger partial charge in [0, 0.05) is 28.1 Å². The second kappa shape index (κ2) is 6.84. The number of anilines is 1. The average Bonchev–Trinajstić information content (AvgIpc) is 3.05. The van der Waals surface area contributed by atoms with E-state index in [4.69, 9.17) is 0 Å². The fourth-order valence-electron chi connectivity index (χ4n) is 3.14. The molecule has 1 amide bonds. The number of H-pyrrole nitrogens is 1. The van der Waals surface area contributed by atoms with Crippen molar-refractivity contribution >= 4 is 39.5 Å². The van der Waals surface area contributed by atoms with E-state index in [1.807, 2.05) is 48.5 Å². The predicted octanol–water partition coefficient (Wildman–Crippen LogP) is 4.93. The Kier molecular flexibility index (Phi) is 4.23. The van der Waals surface area contributed by atoms with Crippen molar-refractivity contribution in [2.45, 2.75) is 13.3 Å². The number of hydrogen-bond donors (Lipinski definition) is 2. The van der Waals surface area contributed by atoms with Gasteiger partial charge >= 0.3 is 0 Å². The molecule has 0 fully saturated rings. The van der Waals surface area contributed by atoms with Gasteiger partial charge < -0.3 is 10.3 Å². The van der Waals surface area contributed by atoms with Crippen LogP contribution in [0.4, 0.5) is 5.69 Å². The molecule has 0 aliphatic heterocycles. The average molecular weight is 341 g/mol. The lowest BCUT2D eigenvalue weighted by atomic mass is 10.1. The highest BCUT2D eigenvalue weighted by Gasteiger charge is 2.05. The fraction of sp³-hybridized carbons (Fsp3) is 0.0909. The first-order valence-corrected chi connectivity index (χ1v) is 8.68. The van der Waals surface area contributed by atoms with E-state index in [1.54, 1.807) is 12.3 Å². The Morgan fingerprint density at radius 1 is 1.08 bits per heavy atom. The van der Waals surface area contributed by atoms with Crippen molar-refractivity contribution in [2.24, 2.45) is 0 Å².